The van der Waals surface area contributed by atoms with Crippen LogP contribution in [0.5, 0.6) is 5.75 Å². The number of fused-ring (bicyclic) bond motifs is 1. The maximum Gasteiger partial charge on any atom is 0.338 e. The molecule has 1 aromatic carbocycles. The first-order valence-electron chi connectivity index (χ1n) is 7.83. The summed E-state index contributed by atoms with van der Waals surface area (Å²) in [6.45, 7) is 2.35. The van der Waals surface area contributed by atoms with Gasteiger partial charge in [-0.3, -0.25) is 0 Å². The average Bonchev–Trinajstić information content (AvgIpc) is 3.08. The molecule has 1 aromatic heterocycles. The van der Waals surface area contributed by atoms with E-state index < -0.39 is 12.0 Å². The van der Waals surface area contributed by atoms with Crippen LogP contribution < -0.4 is 10.1 Å². The van der Waals surface area contributed by atoms with E-state index >= 15 is 0 Å². The Hall–Kier alpha value is -2.87. The van der Waals surface area contributed by atoms with Crippen molar-refractivity contribution >= 4 is 11.9 Å². The molecule has 0 unspecified atom stereocenters. The number of ether oxygens (including phenoxy) is 3. The van der Waals surface area contributed by atoms with Crippen LogP contribution in [0.25, 0.3) is 0 Å². The lowest BCUT2D eigenvalue weighted by Crippen LogP contribution is -2.30. The number of esters is 1. The van der Waals surface area contributed by atoms with Gasteiger partial charge in [0.05, 0.1) is 19.3 Å². The molecule has 0 bridgehead atoms. The Morgan fingerprint density at radius 2 is 2.00 bits per heavy atom. The first kappa shape index (κ1) is 17.0. The minimum absolute atomic E-state index is 0.186. The van der Waals surface area contributed by atoms with Gasteiger partial charge in [-0.1, -0.05) is 12.1 Å². The highest BCUT2D eigenvalue weighted by Gasteiger charge is 2.34. The smallest absolute Gasteiger partial charge is 0.338 e. The predicted octanol–water partition coefficient (Wildman–Crippen LogP) is 1.77. The van der Waals surface area contributed by atoms with Gasteiger partial charge in [0.25, 0.3) is 0 Å². The number of carbonyl (C=O) groups is 1. The third-order valence-electron chi connectivity index (χ3n) is 3.97. The molecule has 0 spiro atoms. The fraction of sp³-hybridized carbons (Fsp3) is 0.353. The van der Waals surface area contributed by atoms with Crippen LogP contribution in [-0.2, 0) is 14.3 Å². The maximum atomic E-state index is 12.7. The van der Waals surface area contributed by atoms with Crippen LogP contribution in [0.15, 0.2) is 41.9 Å². The van der Waals surface area contributed by atoms with Crippen molar-refractivity contribution in [3.8, 4) is 5.75 Å². The molecule has 0 radical (unpaired) electrons. The van der Waals surface area contributed by atoms with Crippen LogP contribution in [0.1, 0.15) is 18.5 Å². The Labute approximate surface area is 145 Å². The number of rotatable bonds is 6. The van der Waals surface area contributed by atoms with Gasteiger partial charge in [0, 0.05) is 12.8 Å². The number of aromatic nitrogens is 3. The van der Waals surface area contributed by atoms with Gasteiger partial charge in [-0.25, -0.2) is 9.48 Å². The Kier molecular flexibility index (Phi) is 4.99. The molecule has 8 heteroatoms. The minimum atomic E-state index is -0.431. The number of benzene rings is 1. The molecule has 2 heterocycles. The summed E-state index contributed by atoms with van der Waals surface area (Å²) >= 11 is 0. The Bertz CT molecular complexity index is 782. The van der Waals surface area contributed by atoms with Gasteiger partial charge >= 0.3 is 5.97 Å². The monoisotopic (exact) mass is 344 g/mol. The number of hydrogen-bond acceptors (Lipinski definition) is 7. The first-order valence-corrected chi connectivity index (χ1v) is 7.83. The molecule has 2 aromatic rings. The molecule has 1 N–H and O–H groups in total. The highest BCUT2D eigenvalue weighted by Crippen LogP contribution is 2.35. The van der Waals surface area contributed by atoms with Gasteiger partial charge in [-0.05, 0) is 24.6 Å². The Balaban J connectivity index is 1.99. The van der Waals surface area contributed by atoms with Crippen LogP contribution in [0, 0.1) is 0 Å². The zero-order valence-electron chi connectivity index (χ0n) is 14.4. The summed E-state index contributed by atoms with van der Waals surface area (Å²) < 4.78 is 17.1. The molecule has 0 amide bonds. The second-order valence-corrected chi connectivity index (χ2v) is 5.50. The Morgan fingerprint density at radius 3 is 2.68 bits per heavy atom. The number of carbonyl (C=O) groups excluding carboxylic acids is 1. The molecule has 132 valence electrons. The third kappa shape index (κ3) is 3.34. The van der Waals surface area contributed by atoms with Crippen molar-refractivity contribution in [3.63, 3.8) is 0 Å². The summed E-state index contributed by atoms with van der Waals surface area (Å²) in [5.41, 5.74) is 2.05. The Morgan fingerprint density at radius 1 is 1.24 bits per heavy atom. The summed E-state index contributed by atoms with van der Waals surface area (Å²) in [7, 11) is 3.17. The summed E-state index contributed by atoms with van der Waals surface area (Å²) in [4.78, 5) is 16.9. The van der Waals surface area contributed by atoms with Crippen molar-refractivity contribution in [3.05, 3.63) is 47.4 Å². The van der Waals surface area contributed by atoms with Crippen LogP contribution >= 0.6 is 0 Å². The second kappa shape index (κ2) is 7.35. The van der Waals surface area contributed by atoms with E-state index in [2.05, 4.69) is 15.4 Å². The van der Waals surface area contributed by atoms with Gasteiger partial charge in [0.2, 0.25) is 5.95 Å². The molecule has 1 atom stereocenters. The number of nitrogens with one attached hydrogen (secondary N) is 1. The molecule has 0 aliphatic carbocycles. The standard InChI is InChI=1S/C17H20N4O4/c1-11-14(16(22)25-9-8-23-2)15(21-17(20-11)18-10-19-21)12-4-6-13(24-3)7-5-12/h4-7,10,15H,8-9H2,1-3H3,(H,18,19,20)/t15-/m1/s1. The average molecular weight is 344 g/mol. The molecular formula is C17H20N4O4. The van der Waals surface area contributed by atoms with Crippen molar-refractivity contribution in [2.75, 3.05) is 32.8 Å². The van der Waals surface area contributed by atoms with Crippen molar-refractivity contribution in [1.82, 2.24) is 14.8 Å². The van der Waals surface area contributed by atoms with Crippen molar-refractivity contribution in [2.24, 2.45) is 0 Å². The number of hydrogen-bond donors (Lipinski definition) is 1. The van der Waals surface area contributed by atoms with Crippen LogP contribution in [0.4, 0.5) is 5.95 Å². The molecule has 0 saturated heterocycles. The van der Waals surface area contributed by atoms with E-state index in [0.717, 1.165) is 11.3 Å². The molecule has 8 nitrogen and oxygen atoms in total. The predicted molar refractivity (Wildman–Crippen MR) is 90.3 cm³/mol. The summed E-state index contributed by atoms with van der Waals surface area (Å²) in [5.74, 6) is 0.900. The normalized spacial score (nSPS) is 16.2. The zero-order chi connectivity index (χ0) is 17.8. The molecule has 25 heavy (non-hydrogen) atoms. The van der Waals surface area contributed by atoms with Gasteiger partial charge < -0.3 is 19.5 Å². The lowest BCUT2D eigenvalue weighted by atomic mass is 9.96. The maximum absolute atomic E-state index is 12.7. The van der Waals surface area contributed by atoms with E-state index in [1.807, 2.05) is 31.2 Å². The molecule has 1 aliphatic heterocycles. The molecule has 3 rings (SSSR count). The van der Waals surface area contributed by atoms with Crippen molar-refractivity contribution < 1.29 is 19.0 Å². The molecule has 0 saturated carbocycles. The highest BCUT2D eigenvalue weighted by atomic mass is 16.6. The van der Waals surface area contributed by atoms with Crippen LogP contribution in [0.2, 0.25) is 0 Å². The van der Waals surface area contributed by atoms with E-state index in [1.54, 1.807) is 18.9 Å². The lowest BCUT2D eigenvalue weighted by Gasteiger charge is -2.28. The van der Waals surface area contributed by atoms with Crippen molar-refractivity contribution in [1.29, 1.82) is 0 Å². The van der Waals surface area contributed by atoms with Crippen LogP contribution in [-0.4, -0.2) is 48.2 Å². The van der Waals surface area contributed by atoms with Crippen LogP contribution in [0.3, 0.4) is 0 Å². The second-order valence-electron chi connectivity index (χ2n) is 5.50. The van der Waals surface area contributed by atoms with E-state index in [0.29, 0.717) is 23.8 Å². The quantitative estimate of drug-likeness (QED) is 0.631. The van der Waals surface area contributed by atoms with E-state index in [-0.39, 0.29) is 6.61 Å². The number of allylic oxidation sites excluding steroid dienone is 1. The topological polar surface area (TPSA) is 87.5 Å². The fourth-order valence-electron chi connectivity index (χ4n) is 2.75. The van der Waals surface area contributed by atoms with Crippen molar-refractivity contribution in [2.45, 2.75) is 13.0 Å². The summed E-state index contributed by atoms with van der Waals surface area (Å²) in [5, 5.41) is 7.36. The molecular weight excluding hydrogens is 324 g/mol. The third-order valence-corrected chi connectivity index (χ3v) is 3.97. The van der Waals surface area contributed by atoms with Gasteiger partial charge in [-0.15, -0.1) is 0 Å². The van der Waals surface area contributed by atoms with Gasteiger partial charge in [0.1, 0.15) is 24.7 Å². The minimum Gasteiger partial charge on any atom is -0.497 e. The number of anilines is 1. The van der Waals surface area contributed by atoms with E-state index in [9.17, 15) is 4.79 Å². The van der Waals surface area contributed by atoms with Gasteiger partial charge in [0.15, 0.2) is 0 Å². The summed E-state index contributed by atoms with van der Waals surface area (Å²) in [6, 6.07) is 7.06. The molecule has 1 aliphatic rings. The SMILES string of the molecule is COCCOC(=O)C1=C(C)Nc2ncnn2[C@@H]1c1ccc(OC)cc1. The number of nitrogens with zero attached hydrogens (tertiary/aromatic N) is 3. The van der Waals surface area contributed by atoms with Gasteiger partial charge in [-0.2, -0.15) is 10.1 Å². The highest BCUT2D eigenvalue weighted by molar-refractivity contribution is 5.92. The number of methoxy groups -OCH3 is 2. The largest absolute Gasteiger partial charge is 0.497 e. The first-order chi connectivity index (χ1) is 12.2. The lowest BCUT2D eigenvalue weighted by molar-refractivity contribution is -0.140. The van der Waals surface area contributed by atoms with E-state index in [4.69, 9.17) is 14.2 Å². The molecule has 0 fully saturated rings. The van der Waals surface area contributed by atoms with E-state index in [1.165, 1.54) is 6.33 Å². The fourth-order valence-corrected chi connectivity index (χ4v) is 2.75. The summed E-state index contributed by atoms with van der Waals surface area (Å²) in [6.07, 6.45) is 1.45. The zero-order valence-corrected chi connectivity index (χ0v) is 14.4.